The molecular formula is C18H19FN2O4. The maximum atomic E-state index is 14.0. The van der Waals surface area contributed by atoms with E-state index in [1.807, 2.05) is 30.3 Å². The number of halogens is 1. The standard InChI is InChI=1S/C18H19FN2O4/c19-15-7-4-8-16(18(15)21(23)24)20-9-10-25-12-14(20)11-17(22)13-5-2-1-3-6-13/h1-8,14,17,22H,9-12H2/t14-,17-/m0/s1. The van der Waals surface area contributed by atoms with Crippen LogP contribution in [0.5, 0.6) is 0 Å². The highest BCUT2D eigenvalue weighted by molar-refractivity contribution is 5.64. The fourth-order valence-corrected chi connectivity index (χ4v) is 3.15. The molecule has 0 spiro atoms. The third-order valence-electron chi connectivity index (χ3n) is 4.36. The molecule has 3 rings (SSSR count). The number of benzene rings is 2. The molecule has 1 aliphatic heterocycles. The van der Waals surface area contributed by atoms with Crippen molar-refractivity contribution in [3.63, 3.8) is 0 Å². The Morgan fingerprint density at radius 1 is 1.28 bits per heavy atom. The normalized spacial score (nSPS) is 18.8. The Bertz CT molecular complexity index is 741. The zero-order chi connectivity index (χ0) is 17.8. The number of nitrogens with zero attached hydrogens (tertiary/aromatic N) is 2. The average Bonchev–Trinajstić information content (AvgIpc) is 2.62. The van der Waals surface area contributed by atoms with Crippen LogP contribution in [0.15, 0.2) is 48.5 Å². The summed E-state index contributed by atoms with van der Waals surface area (Å²) in [6, 6.07) is 13.0. The number of aliphatic hydroxyl groups is 1. The fraction of sp³-hybridized carbons (Fsp3) is 0.333. The van der Waals surface area contributed by atoms with Crippen LogP contribution in [0, 0.1) is 15.9 Å². The Morgan fingerprint density at radius 3 is 2.76 bits per heavy atom. The van der Waals surface area contributed by atoms with Crippen LogP contribution in [0.4, 0.5) is 15.8 Å². The molecule has 0 bridgehead atoms. The third kappa shape index (κ3) is 3.78. The van der Waals surface area contributed by atoms with Crippen molar-refractivity contribution in [2.75, 3.05) is 24.7 Å². The lowest BCUT2D eigenvalue weighted by atomic mass is 10.00. The summed E-state index contributed by atoms with van der Waals surface area (Å²) in [5.41, 5.74) is 0.448. The first-order valence-corrected chi connectivity index (χ1v) is 8.08. The van der Waals surface area contributed by atoms with Gasteiger partial charge >= 0.3 is 5.69 Å². The van der Waals surface area contributed by atoms with E-state index < -0.39 is 22.5 Å². The van der Waals surface area contributed by atoms with E-state index in [-0.39, 0.29) is 11.7 Å². The number of hydrogen-bond acceptors (Lipinski definition) is 5. The fourth-order valence-electron chi connectivity index (χ4n) is 3.15. The summed E-state index contributed by atoms with van der Waals surface area (Å²) >= 11 is 0. The molecule has 25 heavy (non-hydrogen) atoms. The van der Waals surface area contributed by atoms with Gasteiger partial charge in [-0.25, -0.2) is 0 Å². The Balaban J connectivity index is 1.87. The minimum atomic E-state index is -0.864. The molecule has 1 N–H and O–H groups in total. The Labute approximate surface area is 144 Å². The first kappa shape index (κ1) is 17.3. The predicted molar refractivity (Wildman–Crippen MR) is 91.0 cm³/mol. The first-order valence-electron chi connectivity index (χ1n) is 8.08. The molecule has 6 nitrogen and oxygen atoms in total. The molecule has 2 aromatic rings. The van der Waals surface area contributed by atoms with Gasteiger partial charge in [-0.15, -0.1) is 0 Å². The smallest absolute Gasteiger partial charge is 0.327 e. The van der Waals surface area contributed by atoms with Gasteiger partial charge in [-0.3, -0.25) is 10.1 Å². The summed E-state index contributed by atoms with van der Waals surface area (Å²) in [6.07, 6.45) is -0.402. The highest BCUT2D eigenvalue weighted by Crippen LogP contribution is 2.34. The number of hydrogen-bond donors (Lipinski definition) is 1. The number of ether oxygens (including phenoxy) is 1. The SMILES string of the molecule is O=[N+]([O-])c1c(F)cccc1N1CCOC[C@@H]1C[C@H](O)c1ccccc1. The van der Waals surface area contributed by atoms with E-state index >= 15 is 0 Å². The van der Waals surface area contributed by atoms with E-state index in [4.69, 9.17) is 4.74 Å². The molecule has 0 saturated carbocycles. The Morgan fingerprint density at radius 2 is 2.04 bits per heavy atom. The van der Waals surface area contributed by atoms with Crippen molar-refractivity contribution >= 4 is 11.4 Å². The molecule has 1 heterocycles. The highest BCUT2D eigenvalue weighted by atomic mass is 19.1. The maximum Gasteiger partial charge on any atom is 0.327 e. The van der Waals surface area contributed by atoms with E-state index in [0.717, 1.165) is 11.6 Å². The van der Waals surface area contributed by atoms with Crippen LogP contribution in [-0.4, -0.2) is 35.8 Å². The largest absolute Gasteiger partial charge is 0.388 e. The van der Waals surface area contributed by atoms with E-state index in [2.05, 4.69) is 0 Å². The molecule has 1 saturated heterocycles. The Kier molecular flexibility index (Phi) is 5.25. The zero-order valence-corrected chi connectivity index (χ0v) is 13.5. The van der Waals surface area contributed by atoms with E-state index in [1.165, 1.54) is 12.1 Å². The number of aliphatic hydroxyl groups excluding tert-OH is 1. The summed E-state index contributed by atoms with van der Waals surface area (Å²) in [5.74, 6) is -0.864. The Hall–Kier alpha value is -2.51. The molecule has 0 aliphatic carbocycles. The number of morpholine rings is 1. The van der Waals surface area contributed by atoms with Gasteiger partial charge in [0, 0.05) is 13.0 Å². The van der Waals surface area contributed by atoms with Crippen LogP contribution < -0.4 is 4.90 Å². The monoisotopic (exact) mass is 346 g/mol. The van der Waals surface area contributed by atoms with Crippen molar-refractivity contribution in [2.24, 2.45) is 0 Å². The number of anilines is 1. The lowest BCUT2D eigenvalue weighted by Crippen LogP contribution is -2.46. The molecule has 1 fully saturated rings. The van der Waals surface area contributed by atoms with Crippen LogP contribution in [-0.2, 0) is 4.74 Å². The van der Waals surface area contributed by atoms with Gasteiger partial charge in [0.1, 0.15) is 5.69 Å². The van der Waals surface area contributed by atoms with Crippen LogP contribution in [0.1, 0.15) is 18.1 Å². The second kappa shape index (κ2) is 7.58. The molecule has 132 valence electrons. The zero-order valence-electron chi connectivity index (χ0n) is 13.5. The summed E-state index contributed by atoms with van der Waals surface area (Å²) in [4.78, 5) is 12.4. The minimum Gasteiger partial charge on any atom is -0.388 e. The van der Waals surface area contributed by atoms with E-state index in [9.17, 15) is 19.6 Å². The quantitative estimate of drug-likeness (QED) is 0.665. The van der Waals surface area contributed by atoms with Gasteiger partial charge in [0.2, 0.25) is 5.82 Å². The van der Waals surface area contributed by atoms with Crippen LogP contribution in [0.2, 0.25) is 0 Å². The third-order valence-corrected chi connectivity index (χ3v) is 4.36. The van der Waals surface area contributed by atoms with Gasteiger partial charge in [0.05, 0.1) is 30.3 Å². The van der Waals surface area contributed by atoms with Crippen molar-refractivity contribution in [3.8, 4) is 0 Å². The lowest BCUT2D eigenvalue weighted by molar-refractivity contribution is -0.386. The van der Waals surface area contributed by atoms with Crippen LogP contribution in [0.3, 0.4) is 0 Å². The van der Waals surface area contributed by atoms with E-state index in [1.54, 1.807) is 4.90 Å². The summed E-state index contributed by atoms with van der Waals surface area (Å²) in [5, 5.41) is 21.8. The second-order valence-electron chi connectivity index (χ2n) is 5.95. The minimum absolute atomic E-state index is 0.221. The molecule has 7 heteroatoms. The predicted octanol–water partition coefficient (Wildman–Crippen LogP) is 3.06. The van der Waals surface area contributed by atoms with Gasteiger partial charge in [0.15, 0.2) is 0 Å². The van der Waals surface area contributed by atoms with Crippen molar-refractivity contribution < 1.29 is 19.2 Å². The van der Waals surface area contributed by atoms with Crippen molar-refractivity contribution in [2.45, 2.75) is 18.6 Å². The number of nitro groups is 1. The molecule has 0 unspecified atom stereocenters. The first-order chi connectivity index (χ1) is 12.1. The lowest BCUT2D eigenvalue weighted by Gasteiger charge is -2.38. The number of rotatable bonds is 5. The molecule has 0 radical (unpaired) electrons. The molecular weight excluding hydrogens is 327 g/mol. The number of nitro benzene ring substituents is 1. The van der Waals surface area contributed by atoms with E-state index in [0.29, 0.717) is 26.2 Å². The van der Waals surface area contributed by atoms with Crippen LogP contribution >= 0.6 is 0 Å². The second-order valence-corrected chi connectivity index (χ2v) is 5.95. The highest BCUT2D eigenvalue weighted by Gasteiger charge is 2.32. The maximum absolute atomic E-state index is 14.0. The molecule has 2 aromatic carbocycles. The average molecular weight is 346 g/mol. The van der Waals surface area contributed by atoms with Gasteiger partial charge in [-0.1, -0.05) is 36.4 Å². The molecule has 0 aromatic heterocycles. The van der Waals surface area contributed by atoms with Crippen molar-refractivity contribution in [1.82, 2.24) is 0 Å². The molecule has 2 atom stereocenters. The van der Waals surface area contributed by atoms with Crippen LogP contribution in [0.25, 0.3) is 0 Å². The van der Waals surface area contributed by atoms with Gasteiger partial charge < -0.3 is 14.7 Å². The summed E-state index contributed by atoms with van der Waals surface area (Å²) in [7, 11) is 0. The summed E-state index contributed by atoms with van der Waals surface area (Å²) in [6.45, 7) is 1.11. The van der Waals surface area contributed by atoms with Crippen molar-refractivity contribution in [1.29, 1.82) is 0 Å². The molecule has 0 amide bonds. The van der Waals surface area contributed by atoms with Gasteiger partial charge in [-0.05, 0) is 17.7 Å². The number of para-hydroxylation sites is 1. The summed E-state index contributed by atoms with van der Waals surface area (Å²) < 4.78 is 19.4. The van der Waals surface area contributed by atoms with Crippen molar-refractivity contribution in [3.05, 3.63) is 70.0 Å². The van der Waals surface area contributed by atoms with Gasteiger partial charge in [-0.2, -0.15) is 4.39 Å². The van der Waals surface area contributed by atoms with Gasteiger partial charge in [0.25, 0.3) is 0 Å². The topological polar surface area (TPSA) is 75.8 Å². The molecule has 1 aliphatic rings.